The van der Waals surface area contributed by atoms with Crippen molar-refractivity contribution in [2.24, 2.45) is 5.92 Å². The van der Waals surface area contributed by atoms with Gasteiger partial charge < -0.3 is 0 Å². The van der Waals surface area contributed by atoms with Crippen molar-refractivity contribution < 1.29 is 9.59 Å². The van der Waals surface area contributed by atoms with Crippen LogP contribution in [0.1, 0.15) is 22.6 Å². The van der Waals surface area contributed by atoms with Crippen LogP contribution in [0.4, 0.5) is 0 Å². The van der Waals surface area contributed by atoms with Crippen LogP contribution in [-0.2, 0) is 9.59 Å². The second kappa shape index (κ2) is 4.97. The monoisotopic (exact) mass is 322 g/mol. The number of carbonyl (C=O) groups excluding carboxylic acids is 2. The highest BCUT2D eigenvalue weighted by Gasteiger charge is 2.55. The van der Waals surface area contributed by atoms with Gasteiger partial charge in [0.25, 0.3) is 0 Å². The summed E-state index contributed by atoms with van der Waals surface area (Å²) in [5.41, 5.74) is 3.63. The molecule has 1 aliphatic rings. The minimum absolute atomic E-state index is 0.101. The number of hydrogen-bond acceptors (Lipinski definition) is 3. The molecule has 0 amide bonds. The molecule has 0 spiro atoms. The molecule has 2 aromatic rings. The second-order valence-corrected chi connectivity index (χ2v) is 6.07. The lowest BCUT2D eigenvalue weighted by molar-refractivity contribution is -0.117. The van der Waals surface area contributed by atoms with Gasteiger partial charge in [0.15, 0.2) is 5.78 Å². The molecule has 0 aliphatic heterocycles. The van der Waals surface area contributed by atoms with E-state index in [0.29, 0.717) is 5.02 Å². The number of Topliss-reactive ketones (excluding diaryl/α,β-unsaturated/α-hetero) is 1. The standard InChI is InChI=1S/C15H12Cl2N2O2/c1-7-3-10(19-6-9(16)5-18-19)4-8(2)11(7)12-13(14(12)20)15(17)21/h3-6,12-13H,1-2H3. The Morgan fingerprint density at radius 3 is 2.33 bits per heavy atom. The third-order valence-corrected chi connectivity index (χ3v) is 4.22. The lowest BCUT2D eigenvalue weighted by Gasteiger charge is -2.11. The first-order valence-electron chi connectivity index (χ1n) is 6.45. The fourth-order valence-electron chi connectivity index (χ4n) is 2.81. The lowest BCUT2D eigenvalue weighted by Crippen LogP contribution is -2.01. The van der Waals surface area contributed by atoms with Crippen molar-refractivity contribution in [2.75, 3.05) is 0 Å². The molecule has 4 nitrogen and oxygen atoms in total. The van der Waals surface area contributed by atoms with Gasteiger partial charge in [-0.1, -0.05) is 11.6 Å². The summed E-state index contributed by atoms with van der Waals surface area (Å²) >= 11 is 11.3. The molecule has 0 radical (unpaired) electrons. The fraction of sp³-hybridized carbons (Fsp3) is 0.267. The predicted octanol–water partition coefficient (Wildman–Crippen LogP) is 3.19. The van der Waals surface area contributed by atoms with E-state index >= 15 is 0 Å². The van der Waals surface area contributed by atoms with E-state index in [-0.39, 0.29) is 5.78 Å². The van der Waals surface area contributed by atoms with Crippen LogP contribution in [0.2, 0.25) is 5.02 Å². The number of benzene rings is 1. The Balaban J connectivity index is 2.02. The number of aromatic nitrogens is 2. The van der Waals surface area contributed by atoms with Crippen molar-refractivity contribution in [3.05, 3.63) is 46.2 Å². The molecule has 6 heteroatoms. The van der Waals surface area contributed by atoms with Crippen molar-refractivity contribution in [3.8, 4) is 5.69 Å². The largest absolute Gasteiger partial charge is 0.298 e. The highest BCUT2D eigenvalue weighted by Crippen LogP contribution is 2.47. The quantitative estimate of drug-likeness (QED) is 0.644. The zero-order valence-electron chi connectivity index (χ0n) is 11.4. The van der Waals surface area contributed by atoms with Crippen LogP contribution in [-0.4, -0.2) is 20.8 Å². The van der Waals surface area contributed by atoms with E-state index in [1.807, 2.05) is 26.0 Å². The van der Waals surface area contributed by atoms with Gasteiger partial charge in [0.2, 0.25) is 5.24 Å². The summed E-state index contributed by atoms with van der Waals surface area (Å²) in [4.78, 5) is 23.0. The first-order chi connectivity index (χ1) is 9.90. The van der Waals surface area contributed by atoms with Gasteiger partial charge >= 0.3 is 0 Å². The van der Waals surface area contributed by atoms with Gasteiger partial charge in [-0.2, -0.15) is 5.10 Å². The number of nitrogens with zero attached hydrogens (tertiary/aromatic N) is 2. The predicted molar refractivity (Wildman–Crippen MR) is 80.1 cm³/mol. The molecule has 108 valence electrons. The molecule has 1 aromatic heterocycles. The maximum absolute atomic E-state index is 11.8. The van der Waals surface area contributed by atoms with Gasteiger partial charge in [-0.3, -0.25) is 9.59 Å². The molecule has 21 heavy (non-hydrogen) atoms. The summed E-state index contributed by atoms with van der Waals surface area (Å²) in [5.74, 6) is -1.18. The number of carbonyl (C=O) groups is 2. The van der Waals surface area contributed by atoms with Crippen LogP contribution in [0.3, 0.4) is 0 Å². The highest BCUT2D eigenvalue weighted by atomic mass is 35.5. The van der Waals surface area contributed by atoms with Crippen molar-refractivity contribution >= 4 is 34.2 Å². The van der Waals surface area contributed by atoms with E-state index in [4.69, 9.17) is 23.2 Å². The molecule has 2 unspecified atom stereocenters. The smallest absolute Gasteiger partial charge is 0.233 e. The molecule has 0 saturated heterocycles. The summed E-state index contributed by atoms with van der Waals surface area (Å²) in [7, 11) is 0. The van der Waals surface area contributed by atoms with Gasteiger partial charge in [0.05, 0.1) is 22.8 Å². The number of hydrogen-bond donors (Lipinski definition) is 0. The summed E-state index contributed by atoms with van der Waals surface area (Å²) < 4.78 is 1.67. The molecule has 0 N–H and O–H groups in total. The Morgan fingerprint density at radius 2 is 1.90 bits per heavy atom. The summed E-state index contributed by atoms with van der Waals surface area (Å²) in [5, 5.41) is 4.14. The van der Waals surface area contributed by atoms with Crippen LogP contribution in [0, 0.1) is 19.8 Å². The maximum atomic E-state index is 11.8. The first kappa shape index (κ1) is 14.3. The Morgan fingerprint density at radius 1 is 1.29 bits per heavy atom. The molecular formula is C15H12Cl2N2O2. The van der Waals surface area contributed by atoms with Crippen molar-refractivity contribution in [2.45, 2.75) is 19.8 Å². The van der Waals surface area contributed by atoms with Crippen molar-refractivity contribution in [1.82, 2.24) is 9.78 Å². The average molecular weight is 323 g/mol. The van der Waals surface area contributed by atoms with Gasteiger partial charge in [-0.25, -0.2) is 4.68 Å². The molecule has 2 atom stereocenters. The van der Waals surface area contributed by atoms with Crippen LogP contribution in [0.5, 0.6) is 0 Å². The SMILES string of the molecule is Cc1cc(-n2cc(Cl)cn2)cc(C)c1C1C(=O)C1C(=O)Cl. The number of aryl methyl sites for hydroxylation is 2. The zero-order valence-corrected chi connectivity index (χ0v) is 12.9. The number of rotatable bonds is 3. The minimum atomic E-state index is -0.686. The van der Waals surface area contributed by atoms with E-state index in [0.717, 1.165) is 22.4 Å². The molecule has 3 rings (SSSR count). The molecular weight excluding hydrogens is 311 g/mol. The third kappa shape index (κ3) is 2.39. The van der Waals surface area contributed by atoms with Crippen LogP contribution in [0.15, 0.2) is 24.5 Å². The zero-order chi connectivity index (χ0) is 15.3. The van der Waals surface area contributed by atoms with E-state index in [1.165, 1.54) is 0 Å². The van der Waals surface area contributed by atoms with E-state index in [2.05, 4.69) is 5.10 Å². The highest BCUT2D eigenvalue weighted by molar-refractivity contribution is 6.67. The second-order valence-electron chi connectivity index (χ2n) is 5.26. The summed E-state index contributed by atoms with van der Waals surface area (Å²) in [6.45, 7) is 3.83. The molecule has 1 saturated carbocycles. The normalized spacial score (nSPS) is 20.7. The first-order valence-corrected chi connectivity index (χ1v) is 7.20. The molecule has 0 bridgehead atoms. The topological polar surface area (TPSA) is 52.0 Å². The third-order valence-electron chi connectivity index (χ3n) is 3.79. The summed E-state index contributed by atoms with van der Waals surface area (Å²) in [6, 6.07) is 3.85. The van der Waals surface area contributed by atoms with E-state index < -0.39 is 17.1 Å². The maximum Gasteiger partial charge on any atom is 0.233 e. The Labute approximate surface area is 131 Å². The van der Waals surface area contributed by atoms with Gasteiger partial charge in [0, 0.05) is 6.20 Å². The average Bonchev–Trinajstić information content (AvgIpc) is 2.85. The molecule has 1 aromatic carbocycles. The number of ketones is 1. The Kier molecular flexibility index (Phi) is 3.38. The molecule has 1 aliphatic carbocycles. The number of halogens is 2. The van der Waals surface area contributed by atoms with Gasteiger partial charge in [-0.05, 0) is 54.3 Å². The van der Waals surface area contributed by atoms with Crippen LogP contribution < -0.4 is 0 Å². The lowest BCUT2D eigenvalue weighted by atomic mass is 9.96. The van der Waals surface area contributed by atoms with Crippen LogP contribution >= 0.6 is 23.2 Å². The van der Waals surface area contributed by atoms with E-state index in [1.54, 1.807) is 17.1 Å². The van der Waals surface area contributed by atoms with Gasteiger partial charge in [0.1, 0.15) is 5.92 Å². The van der Waals surface area contributed by atoms with Crippen molar-refractivity contribution in [1.29, 1.82) is 0 Å². The minimum Gasteiger partial charge on any atom is -0.298 e. The molecule has 1 heterocycles. The van der Waals surface area contributed by atoms with Crippen LogP contribution in [0.25, 0.3) is 5.69 Å². The summed E-state index contributed by atoms with van der Waals surface area (Å²) in [6.07, 6.45) is 3.27. The van der Waals surface area contributed by atoms with Crippen molar-refractivity contribution in [3.63, 3.8) is 0 Å². The van der Waals surface area contributed by atoms with Gasteiger partial charge in [-0.15, -0.1) is 0 Å². The Hall–Kier alpha value is -1.65. The fourth-order valence-corrected chi connectivity index (χ4v) is 3.18. The Bertz CT molecular complexity index is 744. The van der Waals surface area contributed by atoms with E-state index in [9.17, 15) is 9.59 Å². The molecule has 1 fully saturated rings.